The fourth-order valence-electron chi connectivity index (χ4n) is 2.10. The lowest BCUT2D eigenvalue weighted by molar-refractivity contribution is 0.00578. The van der Waals surface area contributed by atoms with E-state index in [1.165, 1.54) is 0 Å². The van der Waals surface area contributed by atoms with Gasteiger partial charge < -0.3 is 14.3 Å². The van der Waals surface area contributed by atoms with Crippen LogP contribution in [0.4, 0.5) is 0 Å². The summed E-state index contributed by atoms with van der Waals surface area (Å²) in [6.45, 7) is 8.18. The number of nitrogens with zero attached hydrogens (tertiary/aromatic N) is 1. The van der Waals surface area contributed by atoms with Crippen LogP contribution in [-0.2, 0) is 9.31 Å². The Bertz CT molecular complexity index is 623. The first-order chi connectivity index (χ1) is 8.78. The average Bonchev–Trinajstić information content (AvgIpc) is 2.78. The molecule has 100 valence electrons. The van der Waals surface area contributed by atoms with Gasteiger partial charge in [-0.25, -0.2) is 0 Å². The molecule has 1 aliphatic heterocycles. The van der Waals surface area contributed by atoms with Crippen LogP contribution in [0.1, 0.15) is 27.7 Å². The topological polar surface area (TPSA) is 47.1 Å². The van der Waals surface area contributed by atoms with Gasteiger partial charge in [0.05, 0.1) is 22.2 Å². The third-order valence-electron chi connectivity index (χ3n) is 3.96. The highest BCUT2D eigenvalue weighted by Crippen LogP contribution is 2.36. The maximum absolute atomic E-state index is 6.02. The van der Waals surface area contributed by atoms with Crippen molar-refractivity contribution < 1.29 is 9.31 Å². The number of H-pyrrole nitrogens is 1. The molecule has 2 aromatic heterocycles. The lowest BCUT2D eigenvalue weighted by atomic mass is 9.85. The molecule has 2 aromatic rings. The van der Waals surface area contributed by atoms with Crippen molar-refractivity contribution in [1.82, 2.24) is 9.97 Å². The first kappa shape index (κ1) is 13.2. The monoisotopic (exact) mass is 322 g/mol. The summed E-state index contributed by atoms with van der Waals surface area (Å²) in [5, 5.41) is 0. The Morgan fingerprint density at radius 1 is 1.16 bits per heavy atom. The normalized spacial score (nSPS) is 21.2. The zero-order valence-electron chi connectivity index (χ0n) is 11.5. The molecule has 3 rings (SSSR count). The van der Waals surface area contributed by atoms with Crippen molar-refractivity contribution in [3.8, 4) is 0 Å². The molecule has 4 nitrogen and oxygen atoms in total. The van der Waals surface area contributed by atoms with Crippen molar-refractivity contribution >= 4 is 39.7 Å². The molecule has 1 aliphatic rings. The summed E-state index contributed by atoms with van der Waals surface area (Å²) < 4.78 is 13.0. The third kappa shape index (κ3) is 2.12. The van der Waals surface area contributed by atoms with Crippen LogP contribution in [0.15, 0.2) is 22.8 Å². The van der Waals surface area contributed by atoms with Gasteiger partial charge in [0.2, 0.25) is 0 Å². The van der Waals surface area contributed by atoms with Crippen LogP contribution in [0, 0.1) is 0 Å². The fraction of sp³-hybridized carbons (Fsp3) is 0.462. The van der Waals surface area contributed by atoms with Gasteiger partial charge >= 0.3 is 7.12 Å². The van der Waals surface area contributed by atoms with E-state index in [1.807, 2.05) is 39.8 Å². The largest absolute Gasteiger partial charge is 0.512 e. The first-order valence-corrected chi connectivity index (χ1v) is 7.08. The molecule has 19 heavy (non-hydrogen) atoms. The molecule has 6 heteroatoms. The molecule has 0 aliphatic carbocycles. The van der Waals surface area contributed by atoms with E-state index < -0.39 is 0 Å². The number of aromatic nitrogens is 2. The standard InChI is InChI=1S/C13H16BBrN2O2/c1-12(2)13(3,4)19-14(18-12)11-6-9-10(17-11)5-8(15)7-16-9/h5-7,17H,1-4H3. The van der Waals surface area contributed by atoms with E-state index >= 15 is 0 Å². The minimum absolute atomic E-state index is 0.330. The van der Waals surface area contributed by atoms with E-state index in [4.69, 9.17) is 9.31 Å². The zero-order valence-corrected chi connectivity index (χ0v) is 13.0. The maximum Gasteiger partial charge on any atom is 0.512 e. The van der Waals surface area contributed by atoms with E-state index in [2.05, 4.69) is 25.9 Å². The van der Waals surface area contributed by atoms with Gasteiger partial charge in [0, 0.05) is 16.3 Å². The van der Waals surface area contributed by atoms with Crippen LogP contribution in [0.5, 0.6) is 0 Å². The highest BCUT2D eigenvalue weighted by molar-refractivity contribution is 9.10. The van der Waals surface area contributed by atoms with Gasteiger partial charge in [0.1, 0.15) is 0 Å². The molecule has 0 unspecified atom stereocenters. The number of halogens is 1. The maximum atomic E-state index is 6.02. The summed E-state index contributed by atoms with van der Waals surface area (Å²) in [5.41, 5.74) is 2.12. The van der Waals surface area contributed by atoms with Gasteiger partial charge in [0.25, 0.3) is 0 Å². The molecule has 0 bridgehead atoms. The highest BCUT2D eigenvalue weighted by atomic mass is 79.9. The smallest absolute Gasteiger partial charge is 0.398 e. The minimum atomic E-state index is -0.377. The second kappa shape index (κ2) is 4.07. The second-order valence-corrected chi connectivity index (χ2v) is 6.81. The van der Waals surface area contributed by atoms with Crippen LogP contribution in [-0.4, -0.2) is 28.3 Å². The Kier molecular flexibility index (Phi) is 2.82. The van der Waals surface area contributed by atoms with Crippen LogP contribution >= 0.6 is 15.9 Å². The predicted molar refractivity (Wildman–Crippen MR) is 79.5 cm³/mol. The summed E-state index contributed by atoms with van der Waals surface area (Å²) in [6.07, 6.45) is 1.78. The number of fused-ring (bicyclic) bond motifs is 1. The number of hydrogen-bond donors (Lipinski definition) is 1. The molecule has 1 saturated heterocycles. The second-order valence-electron chi connectivity index (χ2n) is 5.90. The minimum Gasteiger partial charge on any atom is -0.398 e. The van der Waals surface area contributed by atoms with Crippen LogP contribution in [0.3, 0.4) is 0 Å². The Morgan fingerprint density at radius 3 is 2.42 bits per heavy atom. The van der Waals surface area contributed by atoms with Gasteiger partial charge in [0.15, 0.2) is 0 Å². The van der Waals surface area contributed by atoms with Crippen molar-refractivity contribution in [3.63, 3.8) is 0 Å². The third-order valence-corrected chi connectivity index (χ3v) is 4.40. The van der Waals surface area contributed by atoms with Crippen LogP contribution in [0.2, 0.25) is 0 Å². The molecular weight excluding hydrogens is 307 g/mol. The van der Waals surface area contributed by atoms with E-state index in [-0.39, 0.29) is 18.3 Å². The van der Waals surface area contributed by atoms with Gasteiger partial charge in [-0.05, 0) is 55.8 Å². The van der Waals surface area contributed by atoms with Crippen molar-refractivity contribution in [2.75, 3.05) is 0 Å². The number of pyridine rings is 1. The summed E-state index contributed by atoms with van der Waals surface area (Å²) in [5.74, 6) is 0. The number of nitrogens with one attached hydrogen (secondary N) is 1. The Balaban J connectivity index is 1.98. The number of rotatable bonds is 1. The van der Waals surface area contributed by atoms with Crippen molar-refractivity contribution in [1.29, 1.82) is 0 Å². The van der Waals surface area contributed by atoms with Crippen LogP contribution in [0.25, 0.3) is 11.0 Å². The number of aromatic amines is 1. The SMILES string of the molecule is CC1(C)OB(c2cc3ncc(Br)cc3[nH]2)OC1(C)C. The summed E-state index contributed by atoms with van der Waals surface area (Å²) >= 11 is 3.42. The van der Waals surface area contributed by atoms with Crippen molar-refractivity contribution in [2.24, 2.45) is 0 Å². The van der Waals surface area contributed by atoms with Crippen LogP contribution < -0.4 is 5.59 Å². The molecule has 3 heterocycles. The van der Waals surface area contributed by atoms with E-state index in [0.717, 1.165) is 21.1 Å². The van der Waals surface area contributed by atoms with Crippen molar-refractivity contribution in [2.45, 2.75) is 38.9 Å². The van der Waals surface area contributed by atoms with E-state index in [0.29, 0.717) is 0 Å². The Labute approximate surface area is 121 Å². The first-order valence-electron chi connectivity index (χ1n) is 6.28. The number of hydrogen-bond acceptors (Lipinski definition) is 3. The fourth-order valence-corrected chi connectivity index (χ4v) is 2.43. The lowest BCUT2D eigenvalue weighted by Crippen LogP contribution is -2.41. The quantitative estimate of drug-likeness (QED) is 0.821. The molecule has 1 N–H and O–H groups in total. The van der Waals surface area contributed by atoms with Gasteiger partial charge in [-0.15, -0.1) is 0 Å². The molecule has 0 saturated carbocycles. The van der Waals surface area contributed by atoms with Gasteiger partial charge in [-0.1, -0.05) is 0 Å². The molecule has 0 spiro atoms. The molecule has 1 fully saturated rings. The zero-order chi connectivity index (χ0) is 13.8. The predicted octanol–water partition coefficient (Wildman–Crippen LogP) is 2.62. The average molecular weight is 323 g/mol. The van der Waals surface area contributed by atoms with E-state index in [1.54, 1.807) is 6.20 Å². The van der Waals surface area contributed by atoms with Gasteiger partial charge in [-0.3, -0.25) is 4.98 Å². The molecule has 0 atom stereocenters. The summed E-state index contributed by atoms with van der Waals surface area (Å²) in [6, 6.07) is 3.97. The van der Waals surface area contributed by atoms with Gasteiger partial charge in [-0.2, -0.15) is 0 Å². The lowest BCUT2D eigenvalue weighted by Gasteiger charge is -2.32. The highest BCUT2D eigenvalue weighted by Gasteiger charge is 2.52. The Hall–Kier alpha value is -0.845. The molecule has 0 radical (unpaired) electrons. The van der Waals surface area contributed by atoms with E-state index in [9.17, 15) is 0 Å². The Morgan fingerprint density at radius 2 is 1.79 bits per heavy atom. The summed E-state index contributed by atoms with van der Waals surface area (Å²) in [4.78, 5) is 7.67. The molecule has 0 amide bonds. The molecule has 0 aromatic carbocycles. The summed E-state index contributed by atoms with van der Waals surface area (Å²) in [7, 11) is -0.377. The van der Waals surface area contributed by atoms with Crippen molar-refractivity contribution in [3.05, 3.63) is 22.8 Å². The molecular formula is C13H16BBrN2O2.